The molecule has 4 rings (SSSR count). The molecule has 1 amide bonds. The Balaban J connectivity index is 1.66. The number of aromatic nitrogens is 4. The number of anilines is 1. The van der Waals surface area contributed by atoms with Gasteiger partial charge in [-0.05, 0) is 35.9 Å². The molecule has 0 saturated carbocycles. The summed E-state index contributed by atoms with van der Waals surface area (Å²) < 4.78 is 69.0. The number of carbonyl (C=O) groups excluding carboxylic acids is 1. The van der Waals surface area contributed by atoms with Gasteiger partial charge in [0.05, 0.1) is 34.9 Å². The zero-order valence-corrected chi connectivity index (χ0v) is 18.9. The minimum Gasteiger partial charge on any atom is -0.321 e. The van der Waals surface area contributed by atoms with Crippen molar-refractivity contribution < 1.29 is 26.7 Å². The predicted octanol–water partition coefficient (Wildman–Crippen LogP) is 6.29. The van der Waals surface area contributed by atoms with Gasteiger partial charge in [0, 0.05) is 10.0 Å². The molecule has 0 aliphatic heterocycles. The third-order valence-corrected chi connectivity index (χ3v) is 5.53. The fourth-order valence-corrected chi connectivity index (χ4v) is 3.87. The van der Waals surface area contributed by atoms with Crippen LogP contribution in [0.4, 0.5) is 27.6 Å². The second-order valence-electron chi connectivity index (χ2n) is 6.80. The van der Waals surface area contributed by atoms with Gasteiger partial charge in [0.25, 0.3) is 5.91 Å². The Kier molecular flexibility index (Phi) is 6.36. The van der Waals surface area contributed by atoms with Crippen LogP contribution in [-0.4, -0.2) is 25.9 Å². The largest absolute Gasteiger partial charge is 0.420 e. The van der Waals surface area contributed by atoms with Crippen LogP contribution in [0, 0.1) is 11.6 Å². The molecule has 0 spiro atoms. The van der Waals surface area contributed by atoms with Gasteiger partial charge >= 0.3 is 6.18 Å². The number of benzene rings is 2. The number of amides is 1. The van der Waals surface area contributed by atoms with Crippen molar-refractivity contribution >= 4 is 39.1 Å². The van der Waals surface area contributed by atoms with Gasteiger partial charge in [-0.1, -0.05) is 33.6 Å². The third-order valence-electron chi connectivity index (χ3n) is 4.56. The van der Waals surface area contributed by atoms with Crippen LogP contribution in [0.2, 0.25) is 5.02 Å². The zero-order valence-electron chi connectivity index (χ0n) is 16.5. The highest BCUT2D eigenvalue weighted by Crippen LogP contribution is 2.36. The van der Waals surface area contributed by atoms with E-state index in [4.69, 9.17) is 11.6 Å². The van der Waals surface area contributed by atoms with Crippen molar-refractivity contribution in [3.63, 3.8) is 0 Å². The first-order valence-corrected chi connectivity index (χ1v) is 10.4. The maximum absolute atomic E-state index is 14.8. The van der Waals surface area contributed by atoms with Gasteiger partial charge in [-0.15, -0.1) is 4.80 Å². The second kappa shape index (κ2) is 9.11. The van der Waals surface area contributed by atoms with E-state index in [9.17, 15) is 26.7 Å². The van der Waals surface area contributed by atoms with Crippen LogP contribution in [0.1, 0.15) is 15.9 Å². The molecule has 1 N–H and O–H groups in total. The van der Waals surface area contributed by atoms with Gasteiger partial charge in [0.1, 0.15) is 17.2 Å². The highest BCUT2D eigenvalue weighted by Gasteiger charge is 2.36. The molecule has 0 saturated heterocycles. The van der Waals surface area contributed by atoms with E-state index in [1.54, 1.807) is 0 Å². The number of alkyl halides is 3. The average Bonchev–Trinajstić information content (AvgIpc) is 3.29. The third kappa shape index (κ3) is 4.77. The number of hydrogen-bond donors (Lipinski definition) is 1. The van der Waals surface area contributed by atoms with Crippen LogP contribution in [0.5, 0.6) is 0 Å². The minimum atomic E-state index is -4.83. The molecular formula is C21H10BrClF5N5O. The van der Waals surface area contributed by atoms with E-state index in [1.165, 1.54) is 18.5 Å². The Labute approximate surface area is 201 Å². The lowest BCUT2D eigenvalue weighted by Gasteiger charge is -2.14. The van der Waals surface area contributed by atoms with Crippen molar-refractivity contribution in [2.75, 3.05) is 5.32 Å². The van der Waals surface area contributed by atoms with Crippen molar-refractivity contribution in [3.05, 3.63) is 87.2 Å². The normalized spacial score (nSPS) is 11.5. The molecule has 0 unspecified atom stereocenters. The summed E-state index contributed by atoms with van der Waals surface area (Å²) in [5.74, 6) is -2.95. The quantitative estimate of drug-likeness (QED) is 0.299. The highest BCUT2D eigenvalue weighted by atomic mass is 79.9. The molecule has 13 heteroatoms. The number of pyridine rings is 1. The molecule has 2 heterocycles. The van der Waals surface area contributed by atoms with Crippen molar-refractivity contribution in [1.82, 2.24) is 20.0 Å². The molecule has 2 aromatic carbocycles. The van der Waals surface area contributed by atoms with E-state index < -0.39 is 35.1 Å². The number of nitrogens with zero attached hydrogens (tertiary/aromatic N) is 4. The SMILES string of the molecule is O=C(Nc1cnc(-n2nccn2)c(C(F)(F)F)c1)c1cc(F)c(-c2ccc(F)cc2Br)cc1Cl. The number of hydrogen-bond acceptors (Lipinski definition) is 4. The number of carbonyl (C=O) groups is 1. The maximum Gasteiger partial charge on any atom is 0.420 e. The molecule has 0 aliphatic carbocycles. The number of nitrogens with one attached hydrogen (secondary N) is 1. The predicted molar refractivity (Wildman–Crippen MR) is 117 cm³/mol. The van der Waals surface area contributed by atoms with E-state index >= 15 is 0 Å². The lowest BCUT2D eigenvalue weighted by molar-refractivity contribution is -0.137. The summed E-state index contributed by atoms with van der Waals surface area (Å²) in [6.45, 7) is 0. The summed E-state index contributed by atoms with van der Waals surface area (Å²) in [6.07, 6.45) is -1.49. The molecule has 4 aromatic rings. The van der Waals surface area contributed by atoms with Crippen LogP contribution in [0.15, 0.2) is 59.5 Å². The molecule has 0 fully saturated rings. The maximum atomic E-state index is 14.8. The van der Waals surface area contributed by atoms with Crippen LogP contribution in [0.3, 0.4) is 0 Å². The van der Waals surface area contributed by atoms with Crippen LogP contribution in [0.25, 0.3) is 16.9 Å². The fourth-order valence-electron chi connectivity index (χ4n) is 3.05. The number of halogens is 7. The molecule has 0 bridgehead atoms. The fraction of sp³-hybridized carbons (Fsp3) is 0.0476. The first-order chi connectivity index (χ1) is 16.0. The molecule has 6 nitrogen and oxygen atoms in total. The molecule has 174 valence electrons. The highest BCUT2D eigenvalue weighted by molar-refractivity contribution is 9.10. The monoisotopic (exact) mass is 557 g/mol. The Bertz CT molecular complexity index is 1400. The van der Waals surface area contributed by atoms with E-state index in [0.29, 0.717) is 10.9 Å². The summed E-state index contributed by atoms with van der Waals surface area (Å²) in [5.41, 5.74) is -1.56. The summed E-state index contributed by atoms with van der Waals surface area (Å²) in [4.78, 5) is 17.1. The van der Waals surface area contributed by atoms with Gasteiger partial charge in [-0.2, -0.15) is 23.4 Å². The van der Waals surface area contributed by atoms with Crippen LogP contribution >= 0.6 is 27.5 Å². The van der Waals surface area contributed by atoms with Gasteiger partial charge in [0.2, 0.25) is 0 Å². The van der Waals surface area contributed by atoms with Gasteiger partial charge in [-0.25, -0.2) is 13.8 Å². The summed E-state index contributed by atoms with van der Waals surface area (Å²) in [5, 5.41) is 9.33. The van der Waals surface area contributed by atoms with E-state index in [2.05, 4.69) is 36.4 Å². The van der Waals surface area contributed by atoms with Crippen molar-refractivity contribution in [2.45, 2.75) is 6.18 Å². The average molecular weight is 559 g/mol. The van der Waals surface area contributed by atoms with Crippen LogP contribution < -0.4 is 5.32 Å². The van der Waals surface area contributed by atoms with Crippen LogP contribution in [-0.2, 0) is 6.18 Å². The molecule has 34 heavy (non-hydrogen) atoms. The van der Waals surface area contributed by atoms with E-state index in [0.717, 1.165) is 30.5 Å². The minimum absolute atomic E-state index is 0.00877. The Hall–Kier alpha value is -3.38. The summed E-state index contributed by atoms with van der Waals surface area (Å²) in [6, 6.07) is 6.24. The van der Waals surface area contributed by atoms with E-state index in [-0.39, 0.29) is 31.9 Å². The van der Waals surface area contributed by atoms with Gasteiger partial charge in [-0.3, -0.25) is 4.79 Å². The standard InChI is InChI=1S/C21H10BrClF5N5O/c22-16-5-10(24)1-2-12(16)13-7-17(23)14(8-18(13)25)20(34)32-11-6-15(21(26,27)28)19(29-9-11)33-30-3-4-31-33/h1-9H,(H,32,34). The topological polar surface area (TPSA) is 72.7 Å². The second-order valence-corrected chi connectivity index (χ2v) is 8.06. The number of rotatable bonds is 4. The lowest BCUT2D eigenvalue weighted by atomic mass is 10.0. The van der Waals surface area contributed by atoms with Crippen molar-refractivity contribution in [1.29, 1.82) is 0 Å². The zero-order chi connectivity index (χ0) is 24.6. The molecule has 0 atom stereocenters. The molecule has 0 aliphatic rings. The summed E-state index contributed by atoms with van der Waals surface area (Å²) >= 11 is 9.30. The van der Waals surface area contributed by atoms with Crippen molar-refractivity contribution in [3.8, 4) is 16.9 Å². The first kappa shape index (κ1) is 23.8. The molecular weight excluding hydrogens is 549 g/mol. The lowest BCUT2D eigenvalue weighted by Crippen LogP contribution is -2.17. The Morgan fingerprint density at radius 2 is 1.74 bits per heavy atom. The van der Waals surface area contributed by atoms with Crippen molar-refractivity contribution in [2.24, 2.45) is 0 Å². The molecule has 0 radical (unpaired) electrons. The Morgan fingerprint density at radius 3 is 2.38 bits per heavy atom. The van der Waals surface area contributed by atoms with Gasteiger partial charge < -0.3 is 5.32 Å². The first-order valence-electron chi connectivity index (χ1n) is 9.24. The summed E-state index contributed by atoms with van der Waals surface area (Å²) in [7, 11) is 0. The smallest absolute Gasteiger partial charge is 0.321 e. The van der Waals surface area contributed by atoms with Gasteiger partial charge in [0.15, 0.2) is 5.82 Å². The molecule has 2 aromatic heterocycles. The Morgan fingerprint density at radius 1 is 1.03 bits per heavy atom. The van der Waals surface area contributed by atoms with E-state index in [1.807, 2.05) is 0 Å².